The number of nitrogens with one attached hydrogen (secondary N) is 1. The van der Waals surface area contributed by atoms with Gasteiger partial charge in [-0.1, -0.05) is 34.1 Å². The average Bonchev–Trinajstić information content (AvgIpc) is 2.66. The molecule has 30 heavy (non-hydrogen) atoms. The maximum Gasteiger partial charge on any atom is 0.573 e. The van der Waals surface area contributed by atoms with Crippen LogP contribution >= 0.6 is 15.9 Å². The summed E-state index contributed by atoms with van der Waals surface area (Å²) in [4.78, 5) is 14.6. The van der Waals surface area contributed by atoms with E-state index in [0.717, 1.165) is 5.56 Å². The van der Waals surface area contributed by atoms with Gasteiger partial charge in [0, 0.05) is 29.0 Å². The first kappa shape index (κ1) is 22.6. The molecule has 2 aromatic carbocycles. The van der Waals surface area contributed by atoms with E-state index in [4.69, 9.17) is 0 Å². The van der Waals surface area contributed by atoms with Crippen LogP contribution in [0.1, 0.15) is 24.0 Å². The van der Waals surface area contributed by atoms with Crippen molar-refractivity contribution in [2.45, 2.75) is 32.3 Å². The maximum atomic E-state index is 13.3. The standard InChI is InChI=1S/C21H21BrF4N2O2/c22-17-5-4-16(19(11-17)30-21(24,25)26)12-27-20(29)15-6-8-28(9-7-15)13-14-2-1-3-18(23)10-14/h1-5,10-11,15H,6-9,12-13H2,(H,27,29). The van der Waals surface area contributed by atoms with Crippen molar-refractivity contribution in [3.05, 3.63) is 63.9 Å². The monoisotopic (exact) mass is 488 g/mol. The van der Waals surface area contributed by atoms with E-state index in [0.29, 0.717) is 36.9 Å². The lowest BCUT2D eigenvalue weighted by atomic mass is 9.95. The Morgan fingerprint density at radius 2 is 1.90 bits per heavy atom. The molecule has 4 nitrogen and oxygen atoms in total. The normalized spacial score (nSPS) is 15.8. The van der Waals surface area contributed by atoms with Gasteiger partial charge < -0.3 is 10.1 Å². The summed E-state index contributed by atoms with van der Waals surface area (Å²) < 4.78 is 55.6. The lowest BCUT2D eigenvalue weighted by Crippen LogP contribution is -2.40. The molecule has 0 atom stereocenters. The summed E-state index contributed by atoms with van der Waals surface area (Å²) in [5.74, 6) is -1.02. The highest BCUT2D eigenvalue weighted by Gasteiger charge is 2.32. The third kappa shape index (κ3) is 6.70. The van der Waals surface area contributed by atoms with Crippen molar-refractivity contribution < 1.29 is 27.1 Å². The summed E-state index contributed by atoms with van der Waals surface area (Å²) >= 11 is 3.12. The molecular formula is C21H21BrF4N2O2. The van der Waals surface area contributed by atoms with E-state index in [1.54, 1.807) is 12.1 Å². The predicted molar refractivity (Wildman–Crippen MR) is 107 cm³/mol. The van der Waals surface area contributed by atoms with Crippen LogP contribution in [0.5, 0.6) is 5.75 Å². The number of hydrogen-bond donors (Lipinski definition) is 1. The number of carbonyl (C=O) groups is 1. The molecule has 0 aromatic heterocycles. The molecule has 0 bridgehead atoms. The summed E-state index contributed by atoms with van der Waals surface area (Å²) in [6.45, 7) is 1.94. The number of hydrogen-bond acceptors (Lipinski definition) is 3. The van der Waals surface area contributed by atoms with E-state index >= 15 is 0 Å². The van der Waals surface area contributed by atoms with Gasteiger partial charge in [0.25, 0.3) is 0 Å². The van der Waals surface area contributed by atoms with E-state index < -0.39 is 6.36 Å². The van der Waals surface area contributed by atoms with Crippen molar-refractivity contribution in [3.8, 4) is 5.75 Å². The number of likely N-dealkylation sites (tertiary alicyclic amines) is 1. The van der Waals surface area contributed by atoms with Gasteiger partial charge in [0.15, 0.2) is 0 Å². The molecular weight excluding hydrogens is 468 g/mol. The van der Waals surface area contributed by atoms with Gasteiger partial charge in [-0.25, -0.2) is 4.39 Å². The molecule has 0 saturated carbocycles. The van der Waals surface area contributed by atoms with Crippen molar-refractivity contribution >= 4 is 21.8 Å². The molecule has 1 aliphatic rings. The van der Waals surface area contributed by atoms with Gasteiger partial charge in [-0.2, -0.15) is 0 Å². The van der Waals surface area contributed by atoms with Crippen LogP contribution in [0.25, 0.3) is 0 Å². The number of nitrogens with zero attached hydrogens (tertiary/aromatic N) is 1. The molecule has 1 saturated heterocycles. The van der Waals surface area contributed by atoms with Crippen molar-refractivity contribution in [3.63, 3.8) is 0 Å². The zero-order chi connectivity index (χ0) is 21.7. The number of halogens is 5. The Bertz CT molecular complexity index is 884. The van der Waals surface area contributed by atoms with Crippen LogP contribution in [0.4, 0.5) is 17.6 Å². The average molecular weight is 489 g/mol. The second-order valence-corrected chi connectivity index (χ2v) is 8.11. The molecule has 1 amide bonds. The molecule has 0 radical (unpaired) electrons. The molecule has 1 aliphatic heterocycles. The maximum absolute atomic E-state index is 13.3. The molecule has 0 aliphatic carbocycles. The number of rotatable bonds is 6. The largest absolute Gasteiger partial charge is 0.573 e. The Hall–Kier alpha value is -2.13. The second-order valence-electron chi connectivity index (χ2n) is 7.20. The molecule has 0 unspecified atom stereocenters. The third-order valence-electron chi connectivity index (χ3n) is 4.96. The van der Waals surface area contributed by atoms with Crippen LogP contribution < -0.4 is 10.1 Å². The molecule has 1 heterocycles. The molecule has 0 spiro atoms. The SMILES string of the molecule is O=C(NCc1ccc(Br)cc1OC(F)(F)F)C1CCN(Cc2cccc(F)c2)CC1. The fourth-order valence-electron chi connectivity index (χ4n) is 3.47. The van der Waals surface area contributed by atoms with E-state index in [1.165, 1.54) is 24.3 Å². The zero-order valence-corrected chi connectivity index (χ0v) is 17.6. The van der Waals surface area contributed by atoms with E-state index in [9.17, 15) is 22.4 Å². The first-order chi connectivity index (χ1) is 14.2. The zero-order valence-electron chi connectivity index (χ0n) is 16.0. The van der Waals surface area contributed by atoms with Gasteiger partial charge in [-0.15, -0.1) is 13.2 Å². The predicted octanol–water partition coefficient (Wildman–Crippen LogP) is 5.02. The van der Waals surface area contributed by atoms with Crippen LogP contribution in [-0.4, -0.2) is 30.3 Å². The highest BCUT2D eigenvalue weighted by atomic mass is 79.9. The smallest absolute Gasteiger partial charge is 0.405 e. The van der Waals surface area contributed by atoms with Crippen molar-refractivity contribution in [2.24, 2.45) is 5.92 Å². The summed E-state index contributed by atoms with van der Waals surface area (Å²) in [7, 11) is 0. The Morgan fingerprint density at radius 3 is 2.57 bits per heavy atom. The number of ether oxygens (including phenoxy) is 1. The topological polar surface area (TPSA) is 41.6 Å². The summed E-state index contributed by atoms with van der Waals surface area (Å²) in [6.07, 6.45) is -3.55. The van der Waals surface area contributed by atoms with E-state index in [1.807, 2.05) is 6.07 Å². The highest BCUT2D eigenvalue weighted by molar-refractivity contribution is 9.10. The van der Waals surface area contributed by atoms with Crippen molar-refractivity contribution in [2.75, 3.05) is 13.1 Å². The van der Waals surface area contributed by atoms with E-state index in [-0.39, 0.29) is 35.5 Å². The van der Waals surface area contributed by atoms with Gasteiger partial charge in [0.2, 0.25) is 5.91 Å². The molecule has 162 valence electrons. The minimum absolute atomic E-state index is 0.0545. The number of alkyl halides is 3. The number of amides is 1. The Labute approximate surface area is 180 Å². The van der Waals surface area contributed by atoms with Crippen molar-refractivity contribution in [1.82, 2.24) is 10.2 Å². The number of piperidine rings is 1. The van der Waals surface area contributed by atoms with Crippen LogP contribution in [0.15, 0.2) is 46.9 Å². The third-order valence-corrected chi connectivity index (χ3v) is 5.45. The molecule has 1 fully saturated rings. The van der Waals surface area contributed by atoms with Gasteiger partial charge in [-0.05, 0) is 55.8 Å². The van der Waals surface area contributed by atoms with Crippen LogP contribution in [-0.2, 0) is 17.9 Å². The van der Waals surface area contributed by atoms with Crippen molar-refractivity contribution in [1.29, 1.82) is 0 Å². The summed E-state index contributed by atoms with van der Waals surface area (Å²) in [6, 6.07) is 10.7. The Morgan fingerprint density at radius 1 is 1.17 bits per heavy atom. The Kier molecular flexibility index (Phi) is 7.36. The molecule has 9 heteroatoms. The highest BCUT2D eigenvalue weighted by Crippen LogP contribution is 2.29. The molecule has 3 rings (SSSR count). The minimum atomic E-state index is -4.81. The van der Waals surface area contributed by atoms with Gasteiger partial charge in [0.1, 0.15) is 11.6 Å². The summed E-state index contributed by atoms with van der Waals surface area (Å²) in [5, 5.41) is 2.72. The van der Waals surface area contributed by atoms with Crippen LogP contribution in [0.2, 0.25) is 0 Å². The van der Waals surface area contributed by atoms with E-state index in [2.05, 4.69) is 30.9 Å². The first-order valence-corrected chi connectivity index (χ1v) is 10.3. The van der Waals surface area contributed by atoms with Crippen LogP contribution in [0, 0.1) is 11.7 Å². The fourth-order valence-corrected chi connectivity index (χ4v) is 3.81. The minimum Gasteiger partial charge on any atom is -0.405 e. The fraction of sp³-hybridized carbons (Fsp3) is 0.381. The Balaban J connectivity index is 1.51. The van der Waals surface area contributed by atoms with Gasteiger partial charge in [-0.3, -0.25) is 9.69 Å². The number of benzene rings is 2. The number of carbonyl (C=O) groups excluding carboxylic acids is 1. The van der Waals surface area contributed by atoms with Gasteiger partial charge in [0.05, 0.1) is 0 Å². The van der Waals surface area contributed by atoms with Crippen LogP contribution in [0.3, 0.4) is 0 Å². The lowest BCUT2D eigenvalue weighted by Gasteiger charge is -2.31. The molecule has 2 aromatic rings. The summed E-state index contributed by atoms with van der Waals surface area (Å²) in [5.41, 5.74) is 1.12. The van der Waals surface area contributed by atoms with Gasteiger partial charge >= 0.3 is 6.36 Å². The quantitative estimate of drug-likeness (QED) is 0.580. The molecule has 1 N–H and O–H groups in total. The second kappa shape index (κ2) is 9.78. The lowest BCUT2D eigenvalue weighted by molar-refractivity contribution is -0.274. The first-order valence-electron chi connectivity index (χ1n) is 9.48.